The maximum Gasteiger partial charge on any atom is 0.270 e. The van der Waals surface area contributed by atoms with E-state index in [-0.39, 0.29) is 12.5 Å². The van der Waals surface area contributed by atoms with Crippen molar-refractivity contribution in [2.75, 3.05) is 50.1 Å². The maximum absolute atomic E-state index is 12.6. The number of nitrogens with zero attached hydrogens (tertiary/aromatic N) is 4. The first-order chi connectivity index (χ1) is 13.6. The molecule has 28 heavy (non-hydrogen) atoms. The number of amides is 1. The minimum absolute atomic E-state index is 0.0168. The Bertz CT molecular complexity index is 780. The summed E-state index contributed by atoms with van der Waals surface area (Å²) in [5.74, 6) is 1.57. The van der Waals surface area contributed by atoms with E-state index < -0.39 is 0 Å². The average Bonchev–Trinajstić information content (AvgIpc) is 3.55. The van der Waals surface area contributed by atoms with Crippen molar-refractivity contribution in [3.05, 3.63) is 47.7 Å². The van der Waals surface area contributed by atoms with E-state index in [0.717, 1.165) is 13.0 Å². The van der Waals surface area contributed by atoms with Crippen molar-refractivity contribution in [2.45, 2.75) is 19.3 Å². The van der Waals surface area contributed by atoms with Gasteiger partial charge >= 0.3 is 0 Å². The molecule has 1 aliphatic carbocycles. The molecule has 1 saturated carbocycles. The van der Waals surface area contributed by atoms with Gasteiger partial charge in [0.1, 0.15) is 11.5 Å². The smallest absolute Gasteiger partial charge is 0.270 e. The van der Waals surface area contributed by atoms with Crippen LogP contribution in [-0.2, 0) is 6.42 Å². The van der Waals surface area contributed by atoms with Gasteiger partial charge in [0.2, 0.25) is 5.95 Å². The number of carbonyl (C=O) groups excluding carboxylic acids is 1. The average molecular weight is 383 g/mol. The second-order valence-electron chi connectivity index (χ2n) is 7.37. The van der Waals surface area contributed by atoms with Crippen LogP contribution in [0.3, 0.4) is 0 Å². The van der Waals surface area contributed by atoms with E-state index in [4.69, 9.17) is 0 Å². The Hall–Kier alpha value is -2.67. The highest BCUT2D eigenvalue weighted by Crippen LogP contribution is 2.27. The van der Waals surface area contributed by atoms with Crippen LogP contribution >= 0.6 is 0 Å². The number of hydrogen-bond donors (Lipinski definition) is 2. The van der Waals surface area contributed by atoms with Crippen LogP contribution in [0.5, 0.6) is 0 Å². The summed E-state index contributed by atoms with van der Waals surface area (Å²) in [6.45, 7) is 1.89. The largest absolute Gasteiger partial charge is 0.395 e. The summed E-state index contributed by atoms with van der Waals surface area (Å²) in [6, 6.07) is 11.9. The second-order valence-corrected chi connectivity index (χ2v) is 7.37. The summed E-state index contributed by atoms with van der Waals surface area (Å²) in [7, 11) is 3.78. The highest BCUT2D eigenvalue weighted by Gasteiger charge is 2.23. The number of benzene rings is 1. The Labute approximate surface area is 166 Å². The van der Waals surface area contributed by atoms with E-state index in [9.17, 15) is 9.90 Å². The minimum Gasteiger partial charge on any atom is -0.395 e. The number of aliphatic hydroxyl groups is 1. The zero-order valence-electron chi connectivity index (χ0n) is 16.6. The number of rotatable bonds is 10. The molecule has 1 heterocycles. The Morgan fingerprint density at radius 2 is 1.89 bits per heavy atom. The monoisotopic (exact) mass is 383 g/mol. The number of aliphatic hydroxyl groups excluding tert-OH is 1. The molecule has 7 heteroatoms. The van der Waals surface area contributed by atoms with Gasteiger partial charge in [0.05, 0.1) is 6.61 Å². The fourth-order valence-electron chi connectivity index (χ4n) is 2.86. The fourth-order valence-corrected chi connectivity index (χ4v) is 2.86. The summed E-state index contributed by atoms with van der Waals surface area (Å²) in [6.07, 6.45) is 3.23. The van der Waals surface area contributed by atoms with E-state index in [1.165, 1.54) is 18.4 Å². The predicted molar refractivity (Wildman–Crippen MR) is 111 cm³/mol. The van der Waals surface area contributed by atoms with Crippen LogP contribution in [0.4, 0.5) is 11.8 Å². The fraction of sp³-hybridized carbons (Fsp3) is 0.476. The molecule has 150 valence electrons. The SMILES string of the molecule is CN(CCO)c1cc(C(=O)NCC2CC2)nc(N(C)CCc2ccccc2)n1. The van der Waals surface area contributed by atoms with Crippen LogP contribution in [-0.4, -0.2) is 61.3 Å². The van der Waals surface area contributed by atoms with Gasteiger partial charge in [0.15, 0.2) is 0 Å². The third-order valence-corrected chi connectivity index (χ3v) is 4.93. The zero-order chi connectivity index (χ0) is 19.9. The van der Waals surface area contributed by atoms with Crippen LogP contribution < -0.4 is 15.1 Å². The molecule has 0 saturated heterocycles. The molecule has 1 amide bonds. The van der Waals surface area contributed by atoms with Gasteiger partial charge in [-0.25, -0.2) is 4.98 Å². The number of hydrogen-bond acceptors (Lipinski definition) is 6. The van der Waals surface area contributed by atoms with Crippen molar-refractivity contribution in [1.29, 1.82) is 0 Å². The summed E-state index contributed by atoms with van der Waals surface area (Å²) in [5, 5.41) is 12.2. The third kappa shape index (κ3) is 5.66. The van der Waals surface area contributed by atoms with Crippen molar-refractivity contribution in [3.63, 3.8) is 0 Å². The molecule has 1 fully saturated rings. The van der Waals surface area contributed by atoms with Crippen molar-refractivity contribution < 1.29 is 9.90 Å². The number of nitrogens with one attached hydrogen (secondary N) is 1. The quantitative estimate of drug-likeness (QED) is 0.650. The van der Waals surface area contributed by atoms with Gasteiger partial charge in [-0.2, -0.15) is 4.98 Å². The third-order valence-electron chi connectivity index (χ3n) is 4.93. The zero-order valence-corrected chi connectivity index (χ0v) is 16.6. The van der Waals surface area contributed by atoms with E-state index in [0.29, 0.717) is 36.5 Å². The topological polar surface area (TPSA) is 81.6 Å². The van der Waals surface area contributed by atoms with Crippen LogP contribution in [0.2, 0.25) is 0 Å². The molecule has 0 aliphatic heterocycles. The lowest BCUT2D eigenvalue weighted by molar-refractivity contribution is 0.0946. The molecule has 1 aliphatic rings. The van der Waals surface area contributed by atoms with Crippen molar-refractivity contribution in [3.8, 4) is 0 Å². The van der Waals surface area contributed by atoms with Gasteiger partial charge in [-0.05, 0) is 30.7 Å². The molecule has 0 bridgehead atoms. The second kappa shape index (κ2) is 9.50. The summed E-state index contributed by atoms with van der Waals surface area (Å²) < 4.78 is 0. The minimum atomic E-state index is -0.175. The number of likely N-dealkylation sites (N-methyl/N-ethyl adjacent to an activating group) is 2. The van der Waals surface area contributed by atoms with E-state index in [2.05, 4.69) is 27.4 Å². The lowest BCUT2D eigenvalue weighted by Gasteiger charge is -2.22. The van der Waals surface area contributed by atoms with Crippen LogP contribution in [0, 0.1) is 5.92 Å². The van der Waals surface area contributed by atoms with Gasteiger partial charge in [0, 0.05) is 39.8 Å². The van der Waals surface area contributed by atoms with Gasteiger partial charge in [-0.3, -0.25) is 4.79 Å². The van der Waals surface area contributed by atoms with E-state index in [1.807, 2.05) is 42.1 Å². The molecule has 1 aromatic carbocycles. The molecule has 7 nitrogen and oxygen atoms in total. The molecule has 0 unspecified atom stereocenters. The highest BCUT2D eigenvalue weighted by atomic mass is 16.3. The predicted octanol–water partition coefficient (Wildman–Crippen LogP) is 1.72. The van der Waals surface area contributed by atoms with Gasteiger partial charge < -0.3 is 20.2 Å². The lowest BCUT2D eigenvalue weighted by Crippen LogP contribution is -2.30. The molecule has 0 atom stereocenters. The molecule has 2 aromatic rings. The Kier molecular flexibility index (Phi) is 6.81. The Morgan fingerprint density at radius 3 is 2.57 bits per heavy atom. The number of aromatic nitrogens is 2. The normalized spacial score (nSPS) is 13.2. The molecular formula is C21H29N5O2. The van der Waals surface area contributed by atoms with Crippen LogP contribution in [0.25, 0.3) is 0 Å². The molecule has 1 aromatic heterocycles. The van der Waals surface area contributed by atoms with E-state index in [1.54, 1.807) is 6.07 Å². The lowest BCUT2D eigenvalue weighted by atomic mass is 10.1. The standard InChI is InChI=1S/C21H29N5O2/c1-25(12-13-27)19-14-18(20(28)22-15-17-8-9-17)23-21(24-19)26(2)11-10-16-6-4-3-5-7-16/h3-7,14,17,27H,8-13,15H2,1-2H3,(H,22,28). The van der Waals surface area contributed by atoms with Gasteiger partial charge in [-0.15, -0.1) is 0 Å². The molecular weight excluding hydrogens is 354 g/mol. The first-order valence-corrected chi connectivity index (χ1v) is 9.81. The first-order valence-electron chi connectivity index (χ1n) is 9.81. The summed E-state index contributed by atoms with van der Waals surface area (Å²) >= 11 is 0. The van der Waals surface area contributed by atoms with Crippen molar-refractivity contribution >= 4 is 17.7 Å². The van der Waals surface area contributed by atoms with Crippen molar-refractivity contribution in [2.24, 2.45) is 5.92 Å². The highest BCUT2D eigenvalue weighted by molar-refractivity contribution is 5.93. The van der Waals surface area contributed by atoms with Gasteiger partial charge in [-0.1, -0.05) is 30.3 Å². The molecule has 3 rings (SSSR count). The molecule has 2 N–H and O–H groups in total. The molecule has 0 radical (unpaired) electrons. The van der Waals surface area contributed by atoms with E-state index >= 15 is 0 Å². The maximum atomic E-state index is 12.6. The summed E-state index contributed by atoms with van der Waals surface area (Å²) in [5.41, 5.74) is 1.60. The van der Waals surface area contributed by atoms with Crippen LogP contribution in [0.1, 0.15) is 28.9 Å². The van der Waals surface area contributed by atoms with Gasteiger partial charge in [0.25, 0.3) is 5.91 Å². The molecule has 0 spiro atoms. The first kappa shape index (κ1) is 20.1. The Balaban J connectivity index is 1.75. The summed E-state index contributed by atoms with van der Waals surface area (Å²) in [4.78, 5) is 25.5. The van der Waals surface area contributed by atoms with Crippen LogP contribution in [0.15, 0.2) is 36.4 Å². The number of anilines is 2. The van der Waals surface area contributed by atoms with Crippen molar-refractivity contribution in [1.82, 2.24) is 15.3 Å². The number of carbonyl (C=O) groups is 1. The Morgan fingerprint density at radius 1 is 1.14 bits per heavy atom.